The van der Waals surface area contributed by atoms with Crippen LogP contribution in [0.5, 0.6) is 0 Å². The summed E-state index contributed by atoms with van der Waals surface area (Å²) in [6.45, 7) is 3.62. The number of nitrogens with zero attached hydrogens (tertiary/aromatic N) is 3. The van der Waals surface area contributed by atoms with Gasteiger partial charge in [-0.3, -0.25) is 19.7 Å². The number of hydrogen-bond acceptors (Lipinski definition) is 5. The van der Waals surface area contributed by atoms with Gasteiger partial charge in [0.05, 0.1) is 4.92 Å². The highest BCUT2D eigenvalue weighted by atomic mass is 35.5. The third-order valence-electron chi connectivity index (χ3n) is 6.27. The van der Waals surface area contributed by atoms with Gasteiger partial charge >= 0.3 is 0 Å². The monoisotopic (exact) mass is 422 g/mol. The molecule has 2 amide bonds. The number of amides is 2. The van der Waals surface area contributed by atoms with Gasteiger partial charge in [-0.25, -0.2) is 0 Å². The Morgan fingerprint density at radius 3 is 2.62 bits per heavy atom. The maximum Gasteiger partial charge on any atom is 0.272 e. The number of hydrogen-bond donors (Lipinski definition) is 1. The van der Waals surface area contributed by atoms with E-state index in [4.69, 9.17) is 0 Å². The zero-order chi connectivity index (χ0) is 19.8. The van der Waals surface area contributed by atoms with Crippen LogP contribution in [-0.2, 0) is 4.79 Å². The molecule has 1 aromatic rings. The summed E-state index contributed by atoms with van der Waals surface area (Å²) in [7, 11) is 0. The molecule has 0 spiro atoms. The van der Waals surface area contributed by atoms with Gasteiger partial charge in [-0.1, -0.05) is 0 Å². The van der Waals surface area contributed by atoms with E-state index in [1.165, 1.54) is 18.6 Å². The Labute approximate surface area is 176 Å². The summed E-state index contributed by atoms with van der Waals surface area (Å²) in [5.41, 5.74) is 0.852. The lowest BCUT2D eigenvalue weighted by molar-refractivity contribution is -0.385. The van der Waals surface area contributed by atoms with Gasteiger partial charge in [0, 0.05) is 48.9 Å². The SMILES string of the molecule is Cc1cc(C(=O)N2CCCC2C(=O)N2CCC3CCC(C2)N3)ccc1[N+](=O)[O-].Cl. The summed E-state index contributed by atoms with van der Waals surface area (Å²) in [4.78, 5) is 40.4. The minimum atomic E-state index is -0.452. The van der Waals surface area contributed by atoms with E-state index < -0.39 is 11.0 Å². The summed E-state index contributed by atoms with van der Waals surface area (Å²) < 4.78 is 0. The van der Waals surface area contributed by atoms with Gasteiger partial charge in [-0.15, -0.1) is 12.4 Å². The molecule has 0 saturated carbocycles. The van der Waals surface area contributed by atoms with Crippen LogP contribution < -0.4 is 5.32 Å². The van der Waals surface area contributed by atoms with Gasteiger partial charge in [0.2, 0.25) is 5.91 Å². The standard InChI is InChI=1S/C20H26N4O4.ClH/c1-13-11-14(4-7-17(13)24(27)28)19(25)23-9-2-3-18(23)20(26)22-10-8-15-5-6-16(12-22)21-15;/h4,7,11,15-16,18,21H,2-3,5-6,8-10,12H2,1H3;1H. The molecule has 3 atom stereocenters. The van der Waals surface area contributed by atoms with Gasteiger partial charge in [0.1, 0.15) is 6.04 Å². The van der Waals surface area contributed by atoms with Crippen molar-refractivity contribution in [3.05, 3.63) is 39.4 Å². The molecular formula is C20H27ClN4O4. The molecule has 3 heterocycles. The molecule has 29 heavy (non-hydrogen) atoms. The minimum Gasteiger partial charge on any atom is -0.339 e. The lowest BCUT2D eigenvalue weighted by atomic mass is 10.1. The van der Waals surface area contributed by atoms with E-state index in [1.807, 2.05) is 4.90 Å². The lowest BCUT2D eigenvalue weighted by Crippen LogP contribution is -2.50. The quantitative estimate of drug-likeness (QED) is 0.595. The first-order valence-corrected chi connectivity index (χ1v) is 10.0. The number of fused-ring (bicyclic) bond motifs is 2. The average Bonchev–Trinajstić information content (AvgIpc) is 3.26. The number of nitro groups is 1. The number of aryl methyl sites for hydroxylation is 1. The number of rotatable bonds is 3. The third kappa shape index (κ3) is 4.23. The predicted molar refractivity (Wildman–Crippen MR) is 110 cm³/mol. The van der Waals surface area contributed by atoms with E-state index in [2.05, 4.69) is 5.32 Å². The van der Waals surface area contributed by atoms with E-state index in [-0.39, 0.29) is 29.9 Å². The van der Waals surface area contributed by atoms with Crippen LogP contribution in [0.4, 0.5) is 5.69 Å². The van der Waals surface area contributed by atoms with Crippen molar-refractivity contribution < 1.29 is 14.5 Å². The van der Waals surface area contributed by atoms with Crippen LogP contribution in [0.3, 0.4) is 0 Å². The third-order valence-corrected chi connectivity index (χ3v) is 6.27. The summed E-state index contributed by atoms with van der Waals surface area (Å²) in [5, 5.41) is 14.6. The first-order chi connectivity index (χ1) is 13.4. The smallest absolute Gasteiger partial charge is 0.272 e. The Balaban J connectivity index is 0.00000240. The van der Waals surface area contributed by atoms with Gasteiger partial charge < -0.3 is 15.1 Å². The topological polar surface area (TPSA) is 95.8 Å². The molecule has 0 aromatic heterocycles. The number of carbonyl (C=O) groups is 2. The van der Waals surface area contributed by atoms with Crippen LogP contribution in [0.1, 0.15) is 48.0 Å². The van der Waals surface area contributed by atoms with Crippen LogP contribution in [0, 0.1) is 17.0 Å². The summed E-state index contributed by atoms with van der Waals surface area (Å²) in [5.74, 6) is -0.179. The van der Waals surface area contributed by atoms with Crippen molar-refractivity contribution in [1.82, 2.24) is 15.1 Å². The zero-order valence-corrected chi connectivity index (χ0v) is 17.3. The second kappa shape index (κ2) is 8.67. The molecule has 1 aromatic carbocycles. The Hall–Kier alpha value is -2.19. The molecular weight excluding hydrogens is 396 g/mol. The molecule has 2 bridgehead atoms. The molecule has 8 nitrogen and oxygen atoms in total. The maximum atomic E-state index is 13.2. The van der Waals surface area contributed by atoms with Crippen LogP contribution >= 0.6 is 12.4 Å². The summed E-state index contributed by atoms with van der Waals surface area (Å²) >= 11 is 0. The number of halogens is 1. The van der Waals surface area contributed by atoms with Gasteiger partial charge in [-0.05, 0) is 51.2 Å². The van der Waals surface area contributed by atoms with Gasteiger partial charge in [0.25, 0.3) is 11.6 Å². The average molecular weight is 423 g/mol. The predicted octanol–water partition coefficient (Wildman–Crippen LogP) is 2.28. The fourth-order valence-electron chi connectivity index (χ4n) is 4.78. The normalized spacial score (nSPS) is 26.0. The highest BCUT2D eigenvalue weighted by Gasteiger charge is 2.39. The van der Waals surface area contributed by atoms with Gasteiger partial charge in [-0.2, -0.15) is 0 Å². The highest BCUT2D eigenvalue weighted by Crippen LogP contribution is 2.27. The molecule has 3 aliphatic heterocycles. The minimum absolute atomic E-state index is 0. The lowest BCUT2D eigenvalue weighted by Gasteiger charge is -2.31. The molecule has 1 N–H and O–H groups in total. The van der Waals surface area contributed by atoms with Crippen LogP contribution in [0.15, 0.2) is 18.2 Å². The summed E-state index contributed by atoms with van der Waals surface area (Å²) in [6, 6.07) is 4.84. The van der Waals surface area contributed by atoms with Crippen molar-refractivity contribution >= 4 is 29.9 Å². The Bertz CT molecular complexity index is 818. The summed E-state index contributed by atoms with van der Waals surface area (Å²) in [6.07, 6.45) is 4.72. The first kappa shape index (κ1) is 21.5. The number of nitrogens with one attached hydrogen (secondary N) is 1. The fourth-order valence-corrected chi connectivity index (χ4v) is 4.78. The second-order valence-electron chi connectivity index (χ2n) is 8.13. The molecule has 4 rings (SSSR count). The van der Waals surface area contributed by atoms with E-state index >= 15 is 0 Å². The molecule has 3 saturated heterocycles. The van der Waals surface area contributed by atoms with Crippen LogP contribution in [-0.4, -0.2) is 64.3 Å². The Kier molecular flexibility index (Phi) is 6.43. The van der Waals surface area contributed by atoms with Gasteiger partial charge in [0.15, 0.2) is 0 Å². The molecule has 3 aliphatic rings. The Morgan fingerprint density at radius 2 is 1.90 bits per heavy atom. The molecule has 0 aliphatic carbocycles. The van der Waals surface area contributed by atoms with Crippen molar-refractivity contribution in [2.75, 3.05) is 19.6 Å². The van der Waals surface area contributed by atoms with Crippen molar-refractivity contribution in [2.24, 2.45) is 0 Å². The fraction of sp³-hybridized carbons (Fsp3) is 0.600. The Morgan fingerprint density at radius 1 is 1.14 bits per heavy atom. The van der Waals surface area contributed by atoms with E-state index in [0.29, 0.717) is 42.7 Å². The molecule has 3 unspecified atom stereocenters. The number of likely N-dealkylation sites (tertiary alicyclic amines) is 2. The number of benzene rings is 1. The van der Waals surface area contributed by atoms with Crippen molar-refractivity contribution in [3.8, 4) is 0 Å². The molecule has 158 valence electrons. The van der Waals surface area contributed by atoms with Crippen molar-refractivity contribution in [2.45, 2.75) is 57.2 Å². The van der Waals surface area contributed by atoms with Crippen molar-refractivity contribution in [3.63, 3.8) is 0 Å². The molecule has 0 radical (unpaired) electrons. The van der Waals surface area contributed by atoms with Crippen molar-refractivity contribution in [1.29, 1.82) is 0 Å². The molecule has 3 fully saturated rings. The number of carbonyl (C=O) groups excluding carboxylic acids is 2. The molecule has 9 heteroatoms. The maximum absolute atomic E-state index is 13.2. The largest absolute Gasteiger partial charge is 0.339 e. The van der Waals surface area contributed by atoms with E-state index in [0.717, 1.165) is 25.8 Å². The van der Waals surface area contributed by atoms with Crippen LogP contribution in [0.25, 0.3) is 0 Å². The van der Waals surface area contributed by atoms with E-state index in [1.54, 1.807) is 17.9 Å². The van der Waals surface area contributed by atoms with E-state index in [9.17, 15) is 19.7 Å². The first-order valence-electron chi connectivity index (χ1n) is 10.0. The number of nitro benzene ring substituents is 1. The second-order valence-corrected chi connectivity index (χ2v) is 8.13. The highest BCUT2D eigenvalue weighted by molar-refractivity contribution is 5.98. The zero-order valence-electron chi connectivity index (χ0n) is 16.5. The van der Waals surface area contributed by atoms with Crippen LogP contribution in [0.2, 0.25) is 0 Å².